The molecule has 2 heterocycles. The molecular formula is C13H5Cl2F6N5O3S. The van der Waals surface area contributed by atoms with E-state index in [9.17, 15) is 34.8 Å². The van der Waals surface area contributed by atoms with E-state index in [0.29, 0.717) is 23.2 Å². The minimum atomic E-state index is -6.10. The maximum atomic E-state index is 13.2. The van der Waals surface area contributed by atoms with Crippen LogP contribution in [0.4, 0.5) is 32.2 Å². The van der Waals surface area contributed by atoms with E-state index in [1.165, 1.54) is 0 Å². The molecule has 162 valence electrons. The smallest absolute Gasteiger partial charge is 0.382 e. The molecule has 30 heavy (non-hydrogen) atoms. The number of nitrogens with two attached hydrogens (primary N) is 1. The molecule has 3 rings (SSSR count). The Labute approximate surface area is 172 Å². The number of hydrogen-bond acceptors (Lipinski definition) is 7. The van der Waals surface area contributed by atoms with Gasteiger partial charge in [-0.05, 0) is 12.1 Å². The molecule has 2 aromatic heterocycles. The molecule has 17 heteroatoms. The number of benzene rings is 1. The summed E-state index contributed by atoms with van der Waals surface area (Å²) in [7, 11) is -6.10. The summed E-state index contributed by atoms with van der Waals surface area (Å²) in [6.45, 7) is 0. The molecule has 0 saturated carbocycles. The van der Waals surface area contributed by atoms with E-state index in [1.54, 1.807) is 0 Å². The van der Waals surface area contributed by atoms with Gasteiger partial charge in [-0.15, -0.1) is 0 Å². The minimum absolute atomic E-state index is 0.342. The van der Waals surface area contributed by atoms with Crippen molar-refractivity contribution in [1.82, 2.24) is 19.9 Å². The first-order valence-electron chi connectivity index (χ1n) is 7.19. The normalized spacial score (nSPS) is 13.1. The van der Waals surface area contributed by atoms with Crippen molar-refractivity contribution >= 4 is 38.9 Å². The predicted octanol–water partition coefficient (Wildman–Crippen LogP) is 4.12. The maximum Gasteiger partial charge on any atom is 0.502 e. The molecule has 0 radical (unpaired) electrons. The van der Waals surface area contributed by atoms with Crippen molar-refractivity contribution in [3.63, 3.8) is 0 Å². The van der Waals surface area contributed by atoms with Crippen LogP contribution in [0.5, 0.6) is 0 Å². The highest BCUT2D eigenvalue weighted by Gasteiger charge is 2.51. The first-order valence-corrected chi connectivity index (χ1v) is 9.43. The fourth-order valence-electron chi connectivity index (χ4n) is 2.32. The molecule has 0 unspecified atom stereocenters. The zero-order valence-corrected chi connectivity index (χ0v) is 16.1. The number of halogens is 8. The molecule has 3 aromatic rings. The molecule has 0 aliphatic heterocycles. The molecule has 0 aliphatic carbocycles. The number of anilines is 1. The number of nitrogen functional groups attached to an aromatic ring is 1. The van der Waals surface area contributed by atoms with Crippen LogP contribution < -0.4 is 5.73 Å². The molecule has 1 aromatic carbocycles. The number of sulfone groups is 1. The summed E-state index contributed by atoms with van der Waals surface area (Å²) in [5.41, 5.74) is -3.07. The summed E-state index contributed by atoms with van der Waals surface area (Å²) in [4.78, 5) is 1.87. The van der Waals surface area contributed by atoms with Crippen LogP contribution in [0.25, 0.3) is 17.2 Å². The van der Waals surface area contributed by atoms with E-state index < -0.39 is 65.0 Å². The van der Waals surface area contributed by atoms with Crippen LogP contribution in [0.1, 0.15) is 5.56 Å². The van der Waals surface area contributed by atoms with Gasteiger partial charge >= 0.3 is 11.7 Å². The van der Waals surface area contributed by atoms with Crippen molar-refractivity contribution in [2.24, 2.45) is 0 Å². The SMILES string of the molecule is Nc1c(S(=O)(=O)C(F)(F)F)c(-c2ncon2)nn1-c1c(Cl)cc(C(F)(F)F)cc1Cl. The highest BCUT2D eigenvalue weighted by Crippen LogP contribution is 2.43. The first-order chi connectivity index (χ1) is 13.7. The number of aromatic nitrogens is 4. The number of rotatable bonds is 3. The van der Waals surface area contributed by atoms with Gasteiger partial charge in [0.1, 0.15) is 16.4 Å². The van der Waals surface area contributed by atoms with E-state index in [4.69, 9.17) is 28.9 Å². The van der Waals surface area contributed by atoms with E-state index >= 15 is 0 Å². The van der Waals surface area contributed by atoms with Gasteiger partial charge in [0.2, 0.25) is 12.2 Å². The molecule has 8 nitrogen and oxygen atoms in total. The van der Waals surface area contributed by atoms with E-state index in [1.807, 2.05) is 0 Å². The number of alkyl halides is 6. The Kier molecular flexibility index (Phi) is 5.19. The van der Waals surface area contributed by atoms with Crippen molar-refractivity contribution in [3.05, 3.63) is 34.1 Å². The second-order valence-electron chi connectivity index (χ2n) is 5.47. The molecule has 0 fully saturated rings. The number of hydrogen-bond donors (Lipinski definition) is 1. The standard InChI is InChI=1S/C13H5Cl2F6N5O3S/c14-5-1-4(12(16,17)18)2-6(15)8(5)26-10(22)9(30(27,28)13(19,20)21)7(24-26)11-23-3-29-25-11/h1-3H,22H2. The van der Waals surface area contributed by atoms with Crippen LogP contribution in [-0.2, 0) is 16.0 Å². The summed E-state index contributed by atoms with van der Waals surface area (Å²) in [5, 5.41) is 5.37. The van der Waals surface area contributed by atoms with Crippen molar-refractivity contribution < 1.29 is 39.3 Å². The molecule has 0 atom stereocenters. The van der Waals surface area contributed by atoms with Crippen LogP contribution in [0.2, 0.25) is 10.0 Å². The van der Waals surface area contributed by atoms with Crippen molar-refractivity contribution in [3.8, 4) is 17.2 Å². The van der Waals surface area contributed by atoms with Gasteiger partial charge in [0.05, 0.1) is 15.6 Å². The van der Waals surface area contributed by atoms with Gasteiger partial charge in [-0.3, -0.25) is 0 Å². The molecular weight excluding hydrogens is 491 g/mol. The lowest BCUT2D eigenvalue weighted by Gasteiger charge is -2.13. The third-order valence-corrected chi connectivity index (χ3v) is 5.70. The van der Waals surface area contributed by atoms with E-state index in [0.717, 1.165) is 0 Å². The lowest BCUT2D eigenvalue weighted by molar-refractivity contribution is -0.137. The van der Waals surface area contributed by atoms with Gasteiger partial charge in [0, 0.05) is 0 Å². The van der Waals surface area contributed by atoms with Gasteiger partial charge in [0.15, 0.2) is 5.69 Å². The fraction of sp³-hybridized carbons (Fsp3) is 0.154. The Balaban J connectivity index is 2.36. The van der Waals surface area contributed by atoms with Crippen LogP contribution in [0, 0.1) is 0 Å². The second kappa shape index (κ2) is 7.02. The monoisotopic (exact) mass is 495 g/mol. The maximum absolute atomic E-state index is 13.2. The minimum Gasteiger partial charge on any atom is -0.382 e. The molecule has 2 N–H and O–H groups in total. The Bertz CT molecular complexity index is 1200. The van der Waals surface area contributed by atoms with Gasteiger partial charge in [-0.1, -0.05) is 28.4 Å². The van der Waals surface area contributed by atoms with Crippen molar-refractivity contribution in [2.75, 3.05) is 5.73 Å². The van der Waals surface area contributed by atoms with Crippen LogP contribution in [0.15, 0.2) is 27.9 Å². The molecule has 0 amide bonds. The quantitative estimate of drug-likeness (QED) is 0.543. The summed E-state index contributed by atoms with van der Waals surface area (Å²) in [6.07, 6.45) is -4.17. The van der Waals surface area contributed by atoms with Crippen LogP contribution >= 0.6 is 23.2 Å². The van der Waals surface area contributed by atoms with Gasteiger partial charge in [-0.25, -0.2) is 13.1 Å². The molecule has 0 bridgehead atoms. The zero-order chi connectivity index (χ0) is 22.6. The van der Waals surface area contributed by atoms with Gasteiger partial charge < -0.3 is 10.3 Å². The zero-order valence-electron chi connectivity index (χ0n) is 13.8. The van der Waals surface area contributed by atoms with Gasteiger partial charge in [-0.2, -0.15) is 36.4 Å². The summed E-state index contributed by atoms with van der Waals surface area (Å²) < 4.78 is 107. The average Bonchev–Trinajstić information content (AvgIpc) is 3.21. The van der Waals surface area contributed by atoms with Crippen molar-refractivity contribution in [1.29, 1.82) is 0 Å². The molecule has 0 spiro atoms. The van der Waals surface area contributed by atoms with E-state index in [-0.39, 0.29) is 0 Å². The Morgan fingerprint density at radius 3 is 2.07 bits per heavy atom. The predicted molar refractivity (Wildman–Crippen MR) is 89.5 cm³/mol. The third-order valence-electron chi connectivity index (χ3n) is 3.58. The topological polar surface area (TPSA) is 117 Å². The first kappa shape index (κ1) is 22.2. The Hall–Kier alpha value is -2.52. The highest BCUT2D eigenvalue weighted by molar-refractivity contribution is 7.92. The number of nitrogens with zero attached hydrogens (tertiary/aromatic N) is 4. The summed E-state index contributed by atoms with van der Waals surface area (Å²) in [6, 6.07) is 0.825. The summed E-state index contributed by atoms with van der Waals surface area (Å²) >= 11 is 11.6. The Morgan fingerprint density at radius 1 is 1.07 bits per heavy atom. The Morgan fingerprint density at radius 2 is 1.63 bits per heavy atom. The highest BCUT2D eigenvalue weighted by atomic mass is 35.5. The molecule has 0 aliphatic rings. The van der Waals surface area contributed by atoms with Crippen LogP contribution in [-0.4, -0.2) is 33.8 Å². The van der Waals surface area contributed by atoms with E-state index in [2.05, 4.69) is 19.8 Å². The van der Waals surface area contributed by atoms with Gasteiger partial charge in [0.25, 0.3) is 9.84 Å². The lowest BCUT2D eigenvalue weighted by Crippen LogP contribution is -2.24. The molecule has 0 saturated heterocycles. The van der Waals surface area contributed by atoms with Crippen molar-refractivity contribution in [2.45, 2.75) is 16.6 Å². The summed E-state index contributed by atoms with van der Waals surface area (Å²) in [5.74, 6) is -1.84. The van der Waals surface area contributed by atoms with Crippen LogP contribution in [0.3, 0.4) is 0 Å². The average molecular weight is 496 g/mol. The third kappa shape index (κ3) is 3.56. The second-order valence-corrected chi connectivity index (χ2v) is 8.16. The lowest BCUT2D eigenvalue weighted by atomic mass is 10.2. The fourth-order valence-corrected chi connectivity index (χ4v) is 3.95. The largest absolute Gasteiger partial charge is 0.502 e.